The van der Waals surface area contributed by atoms with Crippen LogP contribution in [0, 0.1) is 6.92 Å². The van der Waals surface area contributed by atoms with Crippen molar-refractivity contribution in [2.45, 2.75) is 32.2 Å². The second kappa shape index (κ2) is 5.26. The van der Waals surface area contributed by atoms with E-state index in [2.05, 4.69) is 41.7 Å². The maximum Gasteiger partial charge on any atom is 0.0455 e. The number of hydrogen-bond acceptors (Lipinski definition) is 1. The number of halogens is 1. The predicted octanol–water partition coefficient (Wildman–Crippen LogP) is 5.14. The number of anilines is 1. The molecule has 0 atom stereocenters. The maximum atomic E-state index is 6.15. The lowest BCUT2D eigenvalue weighted by atomic mass is 10.0. The van der Waals surface area contributed by atoms with Gasteiger partial charge in [-0.25, -0.2) is 0 Å². The Hall–Kier alpha value is -1.47. The van der Waals surface area contributed by atoms with Crippen molar-refractivity contribution in [2.75, 3.05) is 5.32 Å². The van der Waals surface area contributed by atoms with Gasteiger partial charge in [0.15, 0.2) is 0 Å². The van der Waals surface area contributed by atoms with Crippen LogP contribution in [0.1, 0.15) is 35.4 Å². The van der Waals surface area contributed by atoms with Crippen molar-refractivity contribution in [1.29, 1.82) is 0 Å². The normalized spacial score (nSPS) is 14.4. The summed E-state index contributed by atoms with van der Waals surface area (Å²) in [6.45, 7) is 2.89. The molecule has 2 aromatic carbocycles. The summed E-state index contributed by atoms with van der Waals surface area (Å²) < 4.78 is 0. The molecule has 0 radical (unpaired) electrons. The van der Waals surface area contributed by atoms with E-state index in [4.69, 9.17) is 11.6 Å². The van der Waals surface area contributed by atoms with E-state index in [-0.39, 0.29) is 0 Å². The summed E-state index contributed by atoms with van der Waals surface area (Å²) >= 11 is 6.15. The molecule has 2 heteroatoms. The first-order valence-electron chi connectivity index (χ1n) is 6.82. The minimum Gasteiger partial charge on any atom is -0.381 e. The van der Waals surface area contributed by atoms with Crippen LogP contribution < -0.4 is 5.32 Å². The number of benzene rings is 2. The first-order chi connectivity index (χ1) is 9.24. The van der Waals surface area contributed by atoms with E-state index in [9.17, 15) is 0 Å². The van der Waals surface area contributed by atoms with Crippen molar-refractivity contribution in [2.24, 2.45) is 0 Å². The lowest BCUT2D eigenvalue weighted by molar-refractivity contribution is 1.04. The van der Waals surface area contributed by atoms with E-state index < -0.39 is 0 Å². The van der Waals surface area contributed by atoms with Gasteiger partial charge in [-0.15, -0.1) is 0 Å². The topological polar surface area (TPSA) is 12.0 Å². The largest absolute Gasteiger partial charge is 0.381 e. The van der Waals surface area contributed by atoms with Gasteiger partial charge < -0.3 is 5.32 Å². The summed E-state index contributed by atoms with van der Waals surface area (Å²) in [5, 5.41) is 4.29. The highest BCUT2D eigenvalue weighted by atomic mass is 35.5. The van der Waals surface area contributed by atoms with Crippen molar-refractivity contribution in [1.82, 2.24) is 0 Å². The van der Waals surface area contributed by atoms with Crippen LogP contribution in [0.15, 0.2) is 42.5 Å². The van der Waals surface area contributed by atoms with E-state index in [1.807, 2.05) is 13.0 Å². The van der Waals surface area contributed by atoms with Gasteiger partial charge >= 0.3 is 0 Å². The third kappa shape index (κ3) is 2.93. The van der Waals surface area contributed by atoms with E-state index in [0.29, 0.717) is 0 Å². The zero-order valence-corrected chi connectivity index (χ0v) is 11.9. The summed E-state index contributed by atoms with van der Waals surface area (Å²) in [7, 11) is 0. The molecule has 0 saturated heterocycles. The fourth-order valence-electron chi connectivity index (χ4n) is 2.39. The Morgan fingerprint density at radius 2 is 1.95 bits per heavy atom. The Labute approximate surface area is 119 Å². The molecule has 1 nitrogen and oxygen atoms in total. The molecule has 0 heterocycles. The first-order valence-corrected chi connectivity index (χ1v) is 7.19. The van der Waals surface area contributed by atoms with Gasteiger partial charge in [0.1, 0.15) is 0 Å². The average molecular weight is 272 g/mol. The van der Waals surface area contributed by atoms with Gasteiger partial charge in [0.25, 0.3) is 0 Å². The van der Waals surface area contributed by atoms with Crippen LogP contribution in [0.2, 0.25) is 5.02 Å². The van der Waals surface area contributed by atoms with E-state index in [1.165, 1.54) is 24.0 Å². The molecule has 1 aliphatic carbocycles. The van der Waals surface area contributed by atoms with Crippen molar-refractivity contribution in [3.63, 3.8) is 0 Å². The highest BCUT2D eigenvalue weighted by Crippen LogP contribution is 2.41. The Kier molecular flexibility index (Phi) is 3.48. The molecule has 0 spiro atoms. The van der Waals surface area contributed by atoms with Crippen molar-refractivity contribution >= 4 is 17.3 Å². The molecule has 0 aromatic heterocycles. The number of aryl methyl sites for hydroxylation is 1. The summed E-state index contributed by atoms with van der Waals surface area (Å²) in [6.07, 6.45) is 2.68. The minimum atomic E-state index is 0.791. The zero-order valence-electron chi connectivity index (χ0n) is 11.1. The van der Waals surface area contributed by atoms with E-state index in [1.54, 1.807) is 0 Å². The maximum absolute atomic E-state index is 6.15. The molecule has 3 rings (SSSR count). The number of hydrogen-bond donors (Lipinski definition) is 1. The molecule has 0 unspecified atom stereocenters. The first kappa shape index (κ1) is 12.6. The molecule has 1 aliphatic rings. The summed E-state index contributed by atoms with van der Waals surface area (Å²) in [5.41, 5.74) is 5.11. The Bertz CT molecular complexity index is 588. The van der Waals surface area contributed by atoms with E-state index in [0.717, 1.165) is 28.7 Å². The quantitative estimate of drug-likeness (QED) is 0.812. The third-order valence-corrected chi connectivity index (χ3v) is 4.13. The number of rotatable bonds is 4. The molecule has 1 saturated carbocycles. The summed E-state index contributed by atoms with van der Waals surface area (Å²) in [6, 6.07) is 14.9. The van der Waals surface area contributed by atoms with Gasteiger partial charge in [-0.3, -0.25) is 0 Å². The molecular formula is C17H18ClN. The highest BCUT2D eigenvalue weighted by Gasteiger charge is 2.25. The van der Waals surface area contributed by atoms with Crippen LogP contribution in [0.25, 0.3) is 0 Å². The monoisotopic (exact) mass is 271 g/mol. The van der Waals surface area contributed by atoms with Crippen LogP contribution >= 0.6 is 11.6 Å². The summed E-state index contributed by atoms with van der Waals surface area (Å²) in [4.78, 5) is 0. The lowest BCUT2D eigenvalue weighted by Crippen LogP contribution is -2.02. The van der Waals surface area contributed by atoms with Gasteiger partial charge in [0, 0.05) is 17.3 Å². The average Bonchev–Trinajstić information content (AvgIpc) is 3.25. The lowest BCUT2D eigenvalue weighted by Gasteiger charge is -2.11. The fourth-order valence-corrected chi connectivity index (χ4v) is 2.57. The van der Waals surface area contributed by atoms with Gasteiger partial charge in [-0.2, -0.15) is 0 Å². The van der Waals surface area contributed by atoms with Crippen molar-refractivity contribution in [3.8, 4) is 0 Å². The Balaban J connectivity index is 1.73. The number of nitrogens with one attached hydrogen (secondary N) is 1. The molecule has 2 aromatic rings. The van der Waals surface area contributed by atoms with Crippen LogP contribution in [0.4, 0.5) is 5.69 Å². The van der Waals surface area contributed by atoms with Crippen LogP contribution in [0.3, 0.4) is 0 Å². The molecule has 0 amide bonds. The van der Waals surface area contributed by atoms with Gasteiger partial charge in [0.2, 0.25) is 0 Å². The van der Waals surface area contributed by atoms with Gasteiger partial charge in [0.05, 0.1) is 0 Å². The fraction of sp³-hybridized carbons (Fsp3) is 0.294. The smallest absolute Gasteiger partial charge is 0.0455 e. The molecular weight excluding hydrogens is 254 g/mol. The SMILES string of the molecule is Cc1ccc(NCc2ccccc2C2CC2)cc1Cl. The second-order valence-corrected chi connectivity index (χ2v) is 5.70. The molecule has 98 valence electrons. The molecule has 0 aliphatic heterocycles. The third-order valence-electron chi connectivity index (χ3n) is 3.73. The molecule has 1 fully saturated rings. The highest BCUT2D eigenvalue weighted by molar-refractivity contribution is 6.31. The Morgan fingerprint density at radius 3 is 2.68 bits per heavy atom. The minimum absolute atomic E-state index is 0.791. The van der Waals surface area contributed by atoms with Crippen LogP contribution in [0.5, 0.6) is 0 Å². The molecule has 19 heavy (non-hydrogen) atoms. The summed E-state index contributed by atoms with van der Waals surface area (Å²) in [5.74, 6) is 0.791. The van der Waals surface area contributed by atoms with Gasteiger partial charge in [-0.05, 0) is 54.5 Å². The van der Waals surface area contributed by atoms with Crippen LogP contribution in [-0.4, -0.2) is 0 Å². The standard InChI is InChI=1S/C17H18ClN/c1-12-6-9-15(10-17(12)18)19-11-14-4-2-3-5-16(14)13-7-8-13/h2-6,9-10,13,19H,7-8,11H2,1H3. The molecule has 1 N–H and O–H groups in total. The van der Waals surface area contributed by atoms with E-state index >= 15 is 0 Å². The van der Waals surface area contributed by atoms with Crippen molar-refractivity contribution < 1.29 is 0 Å². The Morgan fingerprint density at radius 1 is 1.16 bits per heavy atom. The zero-order chi connectivity index (χ0) is 13.2. The predicted molar refractivity (Wildman–Crippen MR) is 81.9 cm³/mol. The second-order valence-electron chi connectivity index (χ2n) is 5.29. The van der Waals surface area contributed by atoms with Gasteiger partial charge in [-0.1, -0.05) is 41.9 Å². The molecule has 0 bridgehead atoms. The van der Waals surface area contributed by atoms with Crippen molar-refractivity contribution in [3.05, 3.63) is 64.2 Å². The van der Waals surface area contributed by atoms with Crippen LogP contribution in [-0.2, 0) is 6.54 Å².